The second-order valence-corrected chi connectivity index (χ2v) is 7.17. The number of halogens is 1. The fraction of sp³-hybridized carbons (Fsp3) is 0.222. The van der Waals surface area contributed by atoms with Crippen molar-refractivity contribution < 1.29 is 22.3 Å². The van der Waals surface area contributed by atoms with E-state index in [1.165, 1.54) is 48.9 Å². The Morgan fingerprint density at radius 3 is 2.32 bits per heavy atom. The summed E-state index contributed by atoms with van der Waals surface area (Å²) in [5.41, 5.74) is 0.511. The van der Waals surface area contributed by atoms with Crippen LogP contribution < -0.4 is 9.47 Å². The molecule has 7 heteroatoms. The van der Waals surface area contributed by atoms with Gasteiger partial charge in [-0.1, -0.05) is 12.1 Å². The first-order valence-corrected chi connectivity index (χ1v) is 8.94. The topological polar surface area (TPSA) is 55.8 Å². The number of benzene rings is 2. The Morgan fingerprint density at radius 2 is 1.80 bits per heavy atom. The van der Waals surface area contributed by atoms with Crippen molar-refractivity contribution in [2.45, 2.75) is 11.4 Å². The van der Waals surface area contributed by atoms with Crippen LogP contribution in [0.15, 0.2) is 60.0 Å². The summed E-state index contributed by atoms with van der Waals surface area (Å²) in [4.78, 5) is 0.129. The Bertz CT molecular complexity index is 835. The fourth-order valence-electron chi connectivity index (χ4n) is 2.30. The van der Waals surface area contributed by atoms with Crippen LogP contribution in [0.2, 0.25) is 0 Å². The van der Waals surface area contributed by atoms with E-state index in [9.17, 15) is 12.8 Å². The van der Waals surface area contributed by atoms with Crippen molar-refractivity contribution in [3.8, 4) is 11.5 Å². The highest BCUT2D eigenvalue weighted by Crippen LogP contribution is 2.23. The molecule has 0 heterocycles. The predicted octanol–water partition coefficient (Wildman–Crippen LogP) is 3.22. The molecule has 0 aliphatic heterocycles. The van der Waals surface area contributed by atoms with E-state index < -0.39 is 15.8 Å². The van der Waals surface area contributed by atoms with Crippen LogP contribution in [0.4, 0.5) is 4.39 Å². The third-order valence-corrected chi connectivity index (χ3v) is 5.43. The fourth-order valence-corrected chi connectivity index (χ4v) is 3.70. The van der Waals surface area contributed by atoms with E-state index >= 15 is 0 Å². The zero-order valence-electron chi connectivity index (χ0n) is 14.1. The lowest BCUT2D eigenvalue weighted by Gasteiger charge is -2.21. The summed E-state index contributed by atoms with van der Waals surface area (Å²) in [6, 6.07) is 10.5. The standard InChI is InChI=1S/C18H20FNO4S/c1-4-11-20(13-14-5-10-18(24-3)17(19)12-14)25(21,22)16-8-6-15(23-2)7-9-16/h4-10,12H,1,11,13H2,2-3H3. The van der Waals surface area contributed by atoms with Gasteiger partial charge in [-0.3, -0.25) is 0 Å². The van der Waals surface area contributed by atoms with Gasteiger partial charge in [-0.2, -0.15) is 4.31 Å². The molecule has 0 saturated heterocycles. The number of rotatable bonds is 8. The summed E-state index contributed by atoms with van der Waals surface area (Å²) in [5, 5.41) is 0. The average Bonchev–Trinajstić information content (AvgIpc) is 2.61. The van der Waals surface area contributed by atoms with Crippen LogP contribution in [-0.2, 0) is 16.6 Å². The van der Waals surface area contributed by atoms with Gasteiger partial charge in [-0.15, -0.1) is 6.58 Å². The summed E-state index contributed by atoms with van der Waals surface area (Å²) in [5.74, 6) is 0.129. The smallest absolute Gasteiger partial charge is 0.243 e. The molecule has 0 radical (unpaired) electrons. The molecule has 0 amide bonds. The number of hydrogen-bond donors (Lipinski definition) is 0. The number of nitrogens with zero attached hydrogens (tertiary/aromatic N) is 1. The van der Waals surface area contributed by atoms with E-state index in [2.05, 4.69) is 6.58 Å². The second kappa shape index (κ2) is 8.13. The van der Waals surface area contributed by atoms with E-state index in [-0.39, 0.29) is 23.7 Å². The van der Waals surface area contributed by atoms with Gasteiger partial charge in [-0.25, -0.2) is 12.8 Å². The molecule has 0 atom stereocenters. The van der Waals surface area contributed by atoms with E-state index in [1.54, 1.807) is 18.2 Å². The summed E-state index contributed by atoms with van der Waals surface area (Å²) in [6.45, 7) is 3.72. The van der Waals surface area contributed by atoms with Crippen LogP contribution in [0.1, 0.15) is 5.56 Å². The lowest BCUT2D eigenvalue weighted by molar-refractivity contribution is 0.384. The van der Waals surface area contributed by atoms with Gasteiger partial charge in [0.05, 0.1) is 19.1 Å². The summed E-state index contributed by atoms with van der Waals surface area (Å²) in [6.07, 6.45) is 1.49. The molecule has 0 aliphatic carbocycles. The molecular formula is C18H20FNO4S. The van der Waals surface area contributed by atoms with Gasteiger partial charge in [0.1, 0.15) is 5.75 Å². The number of sulfonamides is 1. The first-order chi connectivity index (χ1) is 11.9. The highest BCUT2D eigenvalue weighted by Gasteiger charge is 2.24. The Hall–Kier alpha value is -2.38. The molecule has 0 aliphatic rings. The quantitative estimate of drug-likeness (QED) is 0.674. The Balaban J connectivity index is 2.32. The zero-order chi connectivity index (χ0) is 18.4. The van der Waals surface area contributed by atoms with E-state index in [0.29, 0.717) is 11.3 Å². The molecule has 0 aromatic heterocycles. The van der Waals surface area contributed by atoms with E-state index in [1.807, 2.05) is 0 Å². The molecule has 0 unspecified atom stereocenters. The van der Waals surface area contributed by atoms with Gasteiger partial charge in [0.25, 0.3) is 0 Å². The maximum absolute atomic E-state index is 13.9. The summed E-state index contributed by atoms with van der Waals surface area (Å²) >= 11 is 0. The van der Waals surface area contributed by atoms with E-state index in [0.717, 1.165) is 0 Å². The Labute approximate surface area is 147 Å². The van der Waals surface area contributed by atoms with Crippen LogP contribution in [0.3, 0.4) is 0 Å². The first kappa shape index (κ1) is 19.0. The first-order valence-electron chi connectivity index (χ1n) is 7.50. The van der Waals surface area contributed by atoms with Gasteiger partial charge in [-0.05, 0) is 42.0 Å². The van der Waals surface area contributed by atoms with Gasteiger partial charge in [0.2, 0.25) is 10.0 Å². The predicted molar refractivity (Wildman–Crippen MR) is 93.7 cm³/mol. The number of ether oxygens (including phenoxy) is 2. The van der Waals surface area contributed by atoms with Crippen molar-refractivity contribution in [2.24, 2.45) is 0 Å². The van der Waals surface area contributed by atoms with Crippen molar-refractivity contribution >= 4 is 10.0 Å². The number of hydrogen-bond acceptors (Lipinski definition) is 4. The molecule has 5 nitrogen and oxygen atoms in total. The third kappa shape index (κ3) is 4.37. The molecule has 0 bridgehead atoms. The van der Waals surface area contributed by atoms with Crippen LogP contribution in [-0.4, -0.2) is 33.5 Å². The van der Waals surface area contributed by atoms with Crippen molar-refractivity contribution in [3.63, 3.8) is 0 Å². The monoisotopic (exact) mass is 365 g/mol. The molecule has 0 spiro atoms. The maximum atomic E-state index is 13.9. The normalized spacial score (nSPS) is 11.4. The van der Waals surface area contributed by atoms with Crippen LogP contribution in [0.25, 0.3) is 0 Å². The molecular weight excluding hydrogens is 345 g/mol. The number of methoxy groups -OCH3 is 2. The molecule has 2 aromatic rings. The highest BCUT2D eigenvalue weighted by molar-refractivity contribution is 7.89. The van der Waals surface area contributed by atoms with Crippen LogP contribution in [0, 0.1) is 5.82 Å². The molecule has 25 heavy (non-hydrogen) atoms. The van der Waals surface area contributed by atoms with Crippen molar-refractivity contribution in [2.75, 3.05) is 20.8 Å². The van der Waals surface area contributed by atoms with Crippen molar-refractivity contribution in [1.82, 2.24) is 4.31 Å². The lowest BCUT2D eigenvalue weighted by Crippen LogP contribution is -2.30. The second-order valence-electron chi connectivity index (χ2n) is 5.23. The van der Waals surface area contributed by atoms with Gasteiger partial charge < -0.3 is 9.47 Å². The lowest BCUT2D eigenvalue weighted by atomic mass is 10.2. The van der Waals surface area contributed by atoms with Gasteiger partial charge in [0.15, 0.2) is 11.6 Å². The Morgan fingerprint density at radius 1 is 1.12 bits per heavy atom. The molecule has 0 N–H and O–H groups in total. The molecule has 134 valence electrons. The molecule has 2 aromatic carbocycles. The van der Waals surface area contributed by atoms with Crippen LogP contribution >= 0.6 is 0 Å². The summed E-state index contributed by atoms with van der Waals surface area (Å²) in [7, 11) is -0.885. The van der Waals surface area contributed by atoms with Crippen molar-refractivity contribution in [1.29, 1.82) is 0 Å². The maximum Gasteiger partial charge on any atom is 0.243 e. The van der Waals surface area contributed by atoms with Crippen LogP contribution in [0.5, 0.6) is 11.5 Å². The SMILES string of the molecule is C=CCN(Cc1ccc(OC)c(F)c1)S(=O)(=O)c1ccc(OC)cc1. The summed E-state index contributed by atoms with van der Waals surface area (Å²) < 4.78 is 50.7. The largest absolute Gasteiger partial charge is 0.497 e. The third-order valence-electron chi connectivity index (χ3n) is 3.61. The molecule has 0 fully saturated rings. The minimum Gasteiger partial charge on any atom is -0.497 e. The van der Waals surface area contributed by atoms with Gasteiger partial charge >= 0.3 is 0 Å². The average molecular weight is 365 g/mol. The zero-order valence-corrected chi connectivity index (χ0v) is 14.9. The minimum atomic E-state index is -3.76. The van der Waals surface area contributed by atoms with Crippen molar-refractivity contribution in [3.05, 3.63) is 66.5 Å². The van der Waals surface area contributed by atoms with E-state index in [4.69, 9.17) is 9.47 Å². The van der Waals surface area contributed by atoms with Gasteiger partial charge in [0, 0.05) is 13.1 Å². The Kier molecular flexibility index (Phi) is 6.17. The minimum absolute atomic E-state index is 0.0152. The molecule has 0 saturated carbocycles. The molecule has 2 rings (SSSR count). The highest BCUT2D eigenvalue weighted by atomic mass is 32.2.